The van der Waals surface area contributed by atoms with Gasteiger partial charge in [-0.15, -0.1) is 0 Å². The van der Waals surface area contributed by atoms with E-state index < -0.39 is 20.0 Å². The molecule has 9 heteroatoms. The first-order valence-electron chi connectivity index (χ1n) is 29.2. The van der Waals surface area contributed by atoms with Crippen molar-refractivity contribution >= 4 is 13.7 Å². The summed E-state index contributed by atoms with van der Waals surface area (Å²) in [6.45, 7) is 4.61. The van der Waals surface area contributed by atoms with Crippen LogP contribution >= 0.6 is 7.82 Å². The van der Waals surface area contributed by atoms with Crippen LogP contribution in [0.25, 0.3) is 0 Å². The molecule has 420 valence electrons. The van der Waals surface area contributed by atoms with E-state index in [9.17, 15) is 19.4 Å². The summed E-state index contributed by atoms with van der Waals surface area (Å²) in [6, 6.07) is -0.880. The van der Waals surface area contributed by atoms with Crippen molar-refractivity contribution in [1.29, 1.82) is 0 Å². The molecule has 0 aromatic carbocycles. The third-order valence-corrected chi connectivity index (χ3v) is 13.0. The van der Waals surface area contributed by atoms with Crippen molar-refractivity contribution in [2.75, 3.05) is 40.9 Å². The van der Waals surface area contributed by atoms with Gasteiger partial charge in [0.2, 0.25) is 5.91 Å². The van der Waals surface area contributed by atoms with E-state index in [0.29, 0.717) is 17.4 Å². The molecule has 0 aliphatic carbocycles. The second-order valence-electron chi connectivity index (χ2n) is 20.3. The lowest BCUT2D eigenvalue weighted by molar-refractivity contribution is -0.870. The van der Waals surface area contributed by atoms with Crippen LogP contribution in [0.4, 0.5) is 0 Å². The molecule has 0 aromatic heterocycles. The molecule has 3 atom stereocenters. The summed E-state index contributed by atoms with van der Waals surface area (Å²) in [4.78, 5) is 23.2. The number of hydrogen-bond donors (Lipinski definition) is 3. The quantitative estimate of drug-likeness (QED) is 0.0243. The van der Waals surface area contributed by atoms with Gasteiger partial charge in [0.05, 0.1) is 39.9 Å². The van der Waals surface area contributed by atoms with Gasteiger partial charge in [-0.1, -0.05) is 230 Å². The van der Waals surface area contributed by atoms with E-state index in [1.165, 1.54) is 70.6 Å². The Labute approximate surface area is 455 Å². The zero-order chi connectivity index (χ0) is 54.2. The smallest absolute Gasteiger partial charge is 0.387 e. The standard InChI is InChI=1S/C65H109N2O6P/c1-6-8-10-12-14-16-18-20-21-22-23-24-25-26-27-28-29-30-31-32-33-34-35-36-37-38-39-40-41-42-43-44-45-47-49-51-53-55-57-59-65(69)66-63(62-73-74(70,71)72-61-60-67(3,4)5)64(68)58-56-54-52-50-48-46-19-17-15-13-11-9-7-2/h8,10,14-17,20-21,23-24,26-27,29-30,32-33,35-36,38-39,48,50,56,58,63-64,68H,6-7,9,11-13,18-19,22,25,28,31,34,37,40-47,49,51-55,57,59-62H2,1-5H3,(H-,66,69,70,71)/p+1/b10-8-,16-14-,17-15+,21-20-,24-23-,27-26-,30-29-,33-32-,36-35-,39-38-,50-48+,58-56+. The van der Waals surface area contributed by atoms with Crippen LogP contribution < -0.4 is 5.32 Å². The Bertz CT molecular complexity index is 1710. The Balaban J connectivity index is 4.12. The first-order valence-corrected chi connectivity index (χ1v) is 30.7. The third kappa shape index (κ3) is 56.1. The molecule has 74 heavy (non-hydrogen) atoms. The van der Waals surface area contributed by atoms with Crippen LogP contribution in [0.2, 0.25) is 0 Å². The molecule has 0 heterocycles. The van der Waals surface area contributed by atoms with Crippen molar-refractivity contribution in [3.63, 3.8) is 0 Å². The van der Waals surface area contributed by atoms with E-state index >= 15 is 0 Å². The first kappa shape index (κ1) is 70.4. The maximum atomic E-state index is 12.9. The molecule has 0 fully saturated rings. The lowest BCUT2D eigenvalue weighted by atomic mass is 10.0. The zero-order valence-corrected chi connectivity index (χ0v) is 48.7. The van der Waals surface area contributed by atoms with Gasteiger partial charge in [0.25, 0.3) is 0 Å². The number of nitrogens with zero attached hydrogens (tertiary/aromatic N) is 1. The van der Waals surface area contributed by atoms with E-state index in [-0.39, 0.29) is 19.1 Å². The maximum Gasteiger partial charge on any atom is 0.472 e. The molecule has 0 rings (SSSR count). The number of likely N-dealkylation sites (N-methyl/N-ethyl adjacent to an activating group) is 1. The Kier molecular flexibility index (Phi) is 51.5. The van der Waals surface area contributed by atoms with Gasteiger partial charge in [0.1, 0.15) is 13.2 Å². The third-order valence-electron chi connectivity index (χ3n) is 12.0. The molecule has 3 N–H and O–H groups in total. The number of carbonyl (C=O) groups excluding carboxylic acids is 1. The molecule has 0 saturated heterocycles. The number of quaternary nitrogens is 1. The Morgan fingerprint density at radius 3 is 1.24 bits per heavy atom. The van der Waals surface area contributed by atoms with E-state index in [2.05, 4.69) is 153 Å². The average molecular weight is 1050 g/mol. The lowest BCUT2D eigenvalue weighted by Gasteiger charge is -2.25. The highest BCUT2D eigenvalue weighted by Crippen LogP contribution is 2.43. The summed E-state index contributed by atoms with van der Waals surface area (Å²) in [7, 11) is 1.52. The molecule has 3 unspecified atom stereocenters. The van der Waals surface area contributed by atoms with Crippen molar-refractivity contribution in [2.45, 2.75) is 219 Å². The van der Waals surface area contributed by atoms with Crippen LogP contribution in [0, 0.1) is 0 Å². The second kappa shape index (κ2) is 54.2. The van der Waals surface area contributed by atoms with Crippen LogP contribution in [-0.2, 0) is 18.4 Å². The number of allylic oxidation sites excluding steroid dienone is 23. The van der Waals surface area contributed by atoms with E-state index in [1.54, 1.807) is 6.08 Å². The number of aliphatic hydroxyl groups is 1. The first-order chi connectivity index (χ1) is 36.0. The molecule has 0 aliphatic heterocycles. The maximum absolute atomic E-state index is 12.9. The van der Waals surface area contributed by atoms with E-state index in [4.69, 9.17) is 9.05 Å². The number of phosphoric ester groups is 1. The number of phosphoric acid groups is 1. The normalized spacial score (nSPS) is 15.0. The number of rotatable bonds is 51. The molecule has 0 bridgehead atoms. The highest BCUT2D eigenvalue weighted by atomic mass is 31.2. The predicted octanol–water partition coefficient (Wildman–Crippen LogP) is 18.1. The van der Waals surface area contributed by atoms with E-state index in [0.717, 1.165) is 116 Å². The van der Waals surface area contributed by atoms with Crippen LogP contribution in [0.15, 0.2) is 146 Å². The summed E-state index contributed by atoms with van der Waals surface area (Å²) in [5, 5.41) is 13.8. The van der Waals surface area contributed by atoms with Crippen molar-refractivity contribution in [1.82, 2.24) is 5.32 Å². The van der Waals surface area contributed by atoms with Crippen molar-refractivity contribution < 1.29 is 32.9 Å². The number of unbranched alkanes of at least 4 members (excludes halogenated alkanes) is 16. The lowest BCUT2D eigenvalue weighted by Crippen LogP contribution is -2.45. The van der Waals surface area contributed by atoms with Gasteiger partial charge in [0.15, 0.2) is 0 Å². The molecule has 0 aromatic rings. The zero-order valence-electron chi connectivity index (χ0n) is 47.8. The largest absolute Gasteiger partial charge is 0.472 e. The number of aliphatic hydroxyl groups excluding tert-OH is 1. The van der Waals surface area contributed by atoms with E-state index in [1.807, 2.05) is 27.2 Å². The molecule has 0 radical (unpaired) electrons. The van der Waals surface area contributed by atoms with Crippen LogP contribution in [0.5, 0.6) is 0 Å². The summed E-state index contributed by atoms with van der Waals surface area (Å²) in [5.74, 6) is -0.202. The number of amides is 1. The van der Waals surface area contributed by atoms with Crippen molar-refractivity contribution in [2.24, 2.45) is 0 Å². The number of carbonyl (C=O) groups is 1. The molecule has 1 amide bonds. The predicted molar refractivity (Wildman–Crippen MR) is 322 cm³/mol. The molecule has 0 saturated carbocycles. The topological polar surface area (TPSA) is 105 Å². The van der Waals surface area contributed by atoms with Gasteiger partial charge in [-0.25, -0.2) is 4.57 Å². The minimum atomic E-state index is -4.36. The fraction of sp³-hybridized carbons (Fsp3) is 0.615. The number of nitrogens with one attached hydrogen (secondary N) is 1. The Morgan fingerprint density at radius 1 is 0.473 bits per heavy atom. The highest BCUT2D eigenvalue weighted by Gasteiger charge is 2.27. The molecule has 8 nitrogen and oxygen atoms in total. The van der Waals surface area contributed by atoms with Gasteiger partial charge in [0, 0.05) is 6.42 Å². The van der Waals surface area contributed by atoms with Gasteiger partial charge < -0.3 is 19.8 Å². The highest BCUT2D eigenvalue weighted by molar-refractivity contribution is 7.47. The average Bonchev–Trinajstić information content (AvgIpc) is 3.36. The monoisotopic (exact) mass is 1050 g/mol. The van der Waals surface area contributed by atoms with Gasteiger partial charge in [-0.05, 0) is 116 Å². The van der Waals surface area contributed by atoms with Crippen molar-refractivity contribution in [3.05, 3.63) is 146 Å². The summed E-state index contributed by atoms with van der Waals surface area (Å²) in [5.41, 5.74) is 0. The van der Waals surface area contributed by atoms with Crippen LogP contribution in [0.3, 0.4) is 0 Å². The minimum Gasteiger partial charge on any atom is -0.387 e. The molecule has 0 aliphatic rings. The molecular formula is C65H110N2O6P+. The summed E-state index contributed by atoms with van der Waals surface area (Å²) in [6.07, 6.45) is 83.9. The van der Waals surface area contributed by atoms with Gasteiger partial charge in [-0.2, -0.15) is 0 Å². The fourth-order valence-corrected chi connectivity index (χ4v) is 8.21. The Morgan fingerprint density at radius 2 is 0.824 bits per heavy atom. The SMILES string of the molecule is CC/C=C\C/C=C\C/C=C\C/C=C\C/C=C\C/C=C\C/C=C\C/C=C\C/C=C\CCCCCCCCCCCCCC(=O)NC(COP(=O)(O)OCC[N+](C)(C)C)C(O)/C=C/CC/C=C/CC/C=C/CCCCC. The van der Waals surface area contributed by atoms with Crippen molar-refractivity contribution in [3.8, 4) is 0 Å². The minimum absolute atomic E-state index is 0.0460. The summed E-state index contributed by atoms with van der Waals surface area (Å²) >= 11 is 0. The molecular weight excluding hydrogens is 936 g/mol. The van der Waals surface area contributed by atoms with Crippen LogP contribution in [0.1, 0.15) is 206 Å². The summed E-state index contributed by atoms with van der Waals surface area (Å²) < 4.78 is 23.6. The second-order valence-corrected chi connectivity index (χ2v) is 21.7. The molecule has 0 spiro atoms. The van der Waals surface area contributed by atoms with Gasteiger partial charge in [-0.3, -0.25) is 13.8 Å². The van der Waals surface area contributed by atoms with Crippen LogP contribution in [-0.4, -0.2) is 73.4 Å². The van der Waals surface area contributed by atoms with Gasteiger partial charge >= 0.3 is 7.82 Å². The Hall–Kier alpha value is -3.62. The number of hydrogen-bond acceptors (Lipinski definition) is 5. The fourth-order valence-electron chi connectivity index (χ4n) is 7.48.